The monoisotopic (exact) mass is 388 g/mol. The predicted molar refractivity (Wildman–Crippen MR) is 94.7 cm³/mol. The highest BCUT2D eigenvalue weighted by Crippen LogP contribution is 2.21. The van der Waals surface area contributed by atoms with Gasteiger partial charge in [0.15, 0.2) is 0 Å². The molecular weight excluding hydrogens is 363 g/mol. The van der Waals surface area contributed by atoms with E-state index in [0.717, 1.165) is 18.8 Å². The third kappa shape index (κ3) is 4.74. The van der Waals surface area contributed by atoms with Crippen LogP contribution in [0.15, 0.2) is 30.3 Å². The summed E-state index contributed by atoms with van der Waals surface area (Å²) in [4.78, 5) is 16.5. The average molecular weight is 388 g/mol. The van der Waals surface area contributed by atoms with Crippen molar-refractivity contribution in [1.29, 1.82) is 0 Å². The molecule has 1 amide bonds. The molecule has 0 N–H and O–H groups in total. The van der Waals surface area contributed by atoms with E-state index in [2.05, 4.69) is 11.9 Å². The van der Waals surface area contributed by atoms with Crippen LogP contribution in [0.4, 0.5) is 5.69 Å². The van der Waals surface area contributed by atoms with Crippen LogP contribution >= 0.6 is 24.0 Å². The molecule has 0 aliphatic carbocycles. The lowest BCUT2D eigenvalue weighted by Crippen LogP contribution is -2.41. The molecular formula is C16H25IN2O. The van der Waals surface area contributed by atoms with E-state index >= 15 is 0 Å². The number of rotatable bonds is 4. The Morgan fingerprint density at radius 3 is 2.65 bits per heavy atom. The van der Waals surface area contributed by atoms with Gasteiger partial charge in [0.05, 0.1) is 0 Å². The van der Waals surface area contributed by atoms with Gasteiger partial charge in [0, 0.05) is 25.2 Å². The van der Waals surface area contributed by atoms with Gasteiger partial charge in [-0.05, 0) is 44.5 Å². The van der Waals surface area contributed by atoms with E-state index in [1.54, 1.807) is 0 Å². The molecule has 0 spiro atoms. The maximum atomic E-state index is 12.2. The first-order chi connectivity index (χ1) is 9.20. The van der Waals surface area contributed by atoms with Gasteiger partial charge in [-0.2, -0.15) is 0 Å². The number of piperidine rings is 1. The largest absolute Gasteiger partial charge is 0.312 e. The first kappa shape index (κ1) is 17.4. The minimum Gasteiger partial charge on any atom is -0.312 e. The normalized spacial score (nSPS) is 19.2. The van der Waals surface area contributed by atoms with Crippen molar-refractivity contribution in [3.8, 4) is 0 Å². The van der Waals surface area contributed by atoms with Crippen molar-refractivity contribution in [3.63, 3.8) is 0 Å². The number of halogens is 1. The van der Waals surface area contributed by atoms with E-state index in [0.29, 0.717) is 12.3 Å². The fourth-order valence-corrected chi connectivity index (χ4v) is 2.83. The number of hydrogen-bond donors (Lipinski definition) is 0. The van der Waals surface area contributed by atoms with E-state index in [9.17, 15) is 4.79 Å². The lowest BCUT2D eigenvalue weighted by molar-refractivity contribution is -0.118. The van der Waals surface area contributed by atoms with Crippen molar-refractivity contribution in [2.75, 3.05) is 31.6 Å². The maximum absolute atomic E-state index is 12.2. The van der Waals surface area contributed by atoms with Gasteiger partial charge in [-0.25, -0.2) is 0 Å². The quantitative estimate of drug-likeness (QED) is 0.739. The Labute approximate surface area is 139 Å². The standard InChI is InChI=1S/C16H24N2O.HI/c1-3-16(19)18(15-9-5-4-6-10-15)13-14-8-7-11-17(2)12-14;/h4-6,9-10,14H,3,7-8,11-13H2,1-2H3;1H. The number of likely N-dealkylation sites (tertiary alicyclic amines) is 1. The highest BCUT2D eigenvalue weighted by atomic mass is 127. The number of carbonyl (C=O) groups is 1. The van der Waals surface area contributed by atoms with Crippen molar-refractivity contribution < 1.29 is 4.79 Å². The van der Waals surface area contributed by atoms with Crippen LogP contribution in [0.2, 0.25) is 0 Å². The molecule has 0 aromatic heterocycles. The summed E-state index contributed by atoms with van der Waals surface area (Å²) in [6.45, 7) is 5.07. The van der Waals surface area contributed by atoms with Gasteiger partial charge in [0.25, 0.3) is 0 Å². The summed E-state index contributed by atoms with van der Waals surface area (Å²) < 4.78 is 0. The molecule has 0 radical (unpaired) electrons. The van der Waals surface area contributed by atoms with Gasteiger partial charge < -0.3 is 9.80 Å². The van der Waals surface area contributed by atoms with Crippen LogP contribution in [0.3, 0.4) is 0 Å². The lowest BCUT2D eigenvalue weighted by Gasteiger charge is -2.33. The molecule has 1 heterocycles. The number of amides is 1. The number of para-hydroxylation sites is 1. The summed E-state index contributed by atoms with van der Waals surface area (Å²) in [6.07, 6.45) is 3.03. The lowest BCUT2D eigenvalue weighted by atomic mass is 9.97. The Hall–Kier alpha value is -0.620. The van der Waals surface area contributed by atoms with Crippen molar-refractivity contribution in [2.45, 2.75) is 26.2 Å². The number of nitrogens with zero attached hydrogens (tertiary/aromatic N) is 2. The van der Waals surface area contributed by atoms with Crippen LogP contribution in [0.1, 0.15) is 26.2 Å². The van der Waals surface area contributed by atoms with Crippen LogP contribution in [-0.4, -0.2) is 37.5 Å². The van der Waals surface area contributed by atoms with E-state index in [-0.39, 0.29) is 29.9 Å². The van der Waals surface area contributed by atoms with Gasteiger partial charge in [-0.1, -0.05) is 25.1 Å². The molecule has 0 saturated carbocycles. The second-order valence-electron chi connectivity index (χ2n) is 5.46. The van der Waals surface area contributed by atoms with Crippen LogP contribution < -0.4 is 4.90 Å². The highest BCUT2D eigenvalue weighted by Gasteiger charge is 2.22. The Kier molecular flexibility index (Phi) is 7.51. The molecule has 1 saturated heterocycles. The van der Waals surface area contributed by atoms with Crippen LogP contribution in [0, 0.1) is 5.92 Å². The predicted octanol–water partition coefficient (Wildman–Crippen LogP) is 3.39. The molecule has 1 aliphatic heterocycles. The number of hydrogen-bond acceptors (Lipinski definition) is 2. The van der Waals surface area contributed by atoms with Crippen LogP contribution in [0.5, 0.6) is 0 Å². The van der Waals surface area contributed by atoms with Gasteiger partial charge in [0.2, 0.25) is 5.91 Å². The molecule has 112 valence electrons. The minimum atomic E-state index is 0. The zero-order valence-corrected chi connectivity index (χ0v) is 14.7. The number of anilines is 1. The third-order valence-electron chi connectivity index (χ3n) is 3.83. The third-order valence-corrected chi connectivity index (χ3v) is 3.83. The first-order valence-corrected chi connectivity index (χ1v) is 7.24. The van der Waals surface area contributed by atoms with E-state index in [1.165, 1.54) is 19.4 Å². The SMILES string of the molecule is CCC(=O)N(CC1CCCN(C)C1)c1ccccc1.I. The average Bonchev–Trinajstić information content (AvgIpc) is 2.45. The summed E-state index contributed by atoms with van der Waals surface area (Å²) in [5.41, 5.74) is 1.03. The van der Waals surface area contributed by atoms with Crippen LogP contribution in [-0.2, 0) is 4.79 Å². The molecule has 2 rings (SSSR count). The maximum Gasteiger partial charge on any atom is 0.226 e. The molecule has 1 atom stereocenters. The second-order valence-corrected chi connectivity index (χ2v) is 5.46. The molecule has 1 aromatic rings. The summed E-state index contributed by atoms with van der Waals surface area (Å²) in [5.74, 6) is 0.814. The fraction of sp³-hybridized carbons (Fsp3) is 0.562. The molecule has 1 unspecified atom stereocenters. The Morgan fingerprint density at radius 2 is 2.05 bits per heavy atom. The topological polar surface area (TPSA) is 23.6 Å². The van der Waals surface area contributed by atoms with E-state index in [4.69, 9.17) is 0 Å². The van der Waals surface area contributed by atoms with Gasteiger partial charge in [0.1, 0.15) is 0 Å². The van der Waals surface area contributed by atoms with E-state index < -0.39 is 0 Å². The number of carbonyl (C=O) groups excluding carboxylic acids is 1. The molecule has 3 nitrogen and oxygen atoms in total. The fourth-order valence-electron chi connectivity index (χ4n) is 2.83. The highest BCUT2D eigenvalue weighted by molar-refractivity contribution is 14.0. The first-order valence-electron chi connectivity index (χ1n) is 7.24. The van der Waals surface area contributed by atoms with Crippen molar-refractivity contribution >= 4 is 35.6 Å². The zero-order chi connectivity index (χ0) is 13.7. The summed E-state index contributed by atoms with van der Waals surface area (Å²) in [5, 5.41) is 0. The second kappa shape index (κ2) is 8.62. The Bertz CT molecular complexity index is 410. The smallest absolute Gasteiger partial charge is 0.226 e. The zero-order valence-electron chi connectivity index (χ0n) is 12.4. The number of benzene rings is 1. The minimum absolute atomic E-state index is 0. The molecule has 0 bridgehead atoms. The molecule has 1 fully saturated rings. The summed E-state index contributed by atoms with van der Waals surface area (Å²) >= 11 is 0. The summed E-state index contributed by atoms with van der Waals surface area (Å²) in [6, 6.07) is 10.0. The Morgan fingerprint density at radius 1 is 1.35 bits per heavy atom. The summed E-state index contributed by atoms with van der Waals surface area (Å²) in [7, 11) is 2.17. The van der Waals surface area contributed by atoms with Gasteiger partial charge >= 0.3 is 0 Å². The molecule has 1 aromatic carbocycles. The van der Waals surface area contributed by atoms with Crippen molar-refractivity contribution in [1.82, 2.24) is 4.90 Å². The molecule has 20 heavy (non-hydrogen) atoms. The van der Waals surface area contributed by atoms with E-state index in [1.807, 2.05) is 42.2 Å². The van der Waals surface area contributed by atoms with Crippen molar-refractivity contribution in [3.05, 3.63) is 30.3 Å². The Balaban J connectivity index is 0.00000200. The van der Waals surface area contributed by atoms with Gasteiger partial charge in [-0.15, -0.1) is 24.0 Å². The van der Waals surface area contributed by atoms with Crippen molar-refractivity contribution in [2.24, 2.45) is 5.92 Å². The van der Waals surface area contributed by atoms with Gasteiger partial charge in [-0.3, -0.25) is 4.79 Å². The van der Waals surface area contributed by atoms with Crippen LogP contribution in [0.25, 0.3) is 0 Å². The molecule has 4 heteroatoms. The molecule has 1 aliphatic rings.